The molecule has 0 aliphatic carbocycles. The SMILES string of the molecule is Cc1cc(C)cc(OCC(=O)N2CCCCC2CCO)c1. The Kier molecular flexibility index (Phi) is 5.62. The fourth-order valence-electron chi connectivity index (χ4n) is 3.02. The molecule has 1 aliphatic rings. The van der Waals surface area contributed by atoms with E-state index in [9.17, 15) is 4.79 Å². The molecule has 2 rings (SSSR count). The van der Waals surface area contributed by atoms with Gasteiger partial charge in [0.2, 0.25) is 0 Å². The summed E-state index contributed by atoms with van der Waals surface area (Å²) < 4.78 is 5.66. The Morgan fingerprint density at radius 3 is 2.67 bits per heavy atom. The summed E-state index contributed by atoms with van der Waals surface area (Å²) in [7, 11) is 0. The molecule has 116 valence electrons. The second-order valence-corrected chi connectivity index (χ2v) is 5.86. The summed E-state index contributed by atoms with van der Waals surface area (Å²) in [5, 5.41) is 9.12. The largest absolute Gasteiger partial charge is 0.484 e. The topological polar surface area (TPSA) is 49.8 Å². The van der Waals surface area contributed by atoms with Crippen LogP contribution in [0, 0.1) is 13.8 Å². The van der Waals surface area contributed by atoms with Crippen LogP contribution in [0.5, 0.6) is 5.75 Å². The molecule has 1 aliphatic heterocycles. The van der Waals surface area contributed by atoms with E-state index in [0.29, 0.717) is 6.42 Å². The number of carbonyl (C=O) groups excluding carboxylic acids is 1. The average molecular weight is 291 g/mol. The third-order valence-corrected chi connectivity index (χ3v) is 3.97. The van der Waals surface area contributed by atoms with Crippen molar-refractivity contribution >= 4 is 5.91 Å². The summed E-state index contributed by atoms with van der Waals surface area (Å²) in [6.45, 7) is 5.02. The summed E-state index contributed by atoms with van der Waals surface area (Å²) in [6, 6.07) is 6.14. The van der Waals surface area contributed by atoms with Gasteiger partial charge in [-0.05, 0) is 62.8 Å². The zero-order chi connectivity index (χ0) is 15.2. The lowest BCUT2D eigenvalue weighted by Crippen LogP contribution is -2.46. The predicted octanol–water partition coefficient (Wildman–Crippen LogP) is 2.45. The molecule has 1 aromatic rings. The highest BCUT2D eigenvalue weighted by atomic mass is 16.5. The highest BCUT2D eigenvalue weighted by molar-refractivity contribution is 5.78. The van der Waals surface area contributed by atoms with Crippen LogP contribution in [0.15, 0.2) is 18.2 Å². The Labute approximate surface area is 126 Å². The maximum atomic E-state index is 12.3. The number of amides is 1. The van der Waals surface area contributed by atoms with Crippen LogP contribution >= 0.6 is 0 Å². The van der Waals surface area contributed by atoms with E-state index in [1.54, 1.807) is 0 Å². The fraction of sp³-hybridized carbons (Fsp3) is 0.588. The molecule has 0 spiro atoms. The smallest absolute Gasteiger partial charge is 0.260 e. The molecular formula is C17H25NO3. The number of rotatable bonds is 5. The maximum Gasteiger partial charge on any atom is 0.260 e. The van der Waals surface area contributed by atoms with Gasteiger partial charge in [0.25, 0.3) is 5.91 Å². The number of hydrogen-bond acceptors (Lipinski definition) is 3. The van der Waals surface area contributed by atoms with Crippen LogP contribution in [0.1, 0.15) is 36.8 Å². The van der Waals surface area contributed by atoms with E-state index in [0.717, 1.165) is 42.7 Å². The van der Waals surface area contributed by atoms with Crippen LogP contribution in [0.25, 0.3) is 0 Å². The Morgan fingerprint density at radius 1 is 1.29 bits per heavy atom. The third kappa shape index (κ3) is 4.46. The molecule has 1 saturated heterocycles. The van der Waals surface area contributed by atoms with Crippen molar-refractivity contribution in [3.8, 4) is 5.75 Å². The van der Waals surface area contributed by atoms with Crippen molar-refractivity contribution in [3.05, 3.63) is 29.3 Å². The van der Waals surface area contributed by atoms with Crippen LogP contribution in [0.2, 0.25) is 0 Å². The lowest BCUT2D eigenvalue weighted by Gasteiger charge is -2.35. The Balaban J connectivity index is 1.93. The summed E-state index contributed by atoms with van der Waals surface area (Å²) in [5.74, 6) is 0.767. The van der Waals surface area contributed by atoms with Crippen LogP contribution in [-0.4, -0.2) is 41.7 Å². The third-order valence-electron chi connectivity index (χ3n) is 3.97. The van der Waals surface area contributed by atoms with E-state index in [1.807, 2.05) is 30.9 Å². The molecule has 21 heavy (non-hydrogen) atoms. The molecule has 1 atom stereocenters. The highest BCUT2D eigenvalue weighted by Gasteiger charge is 2.26. The first-order chi connectivity index (χ1) is 10.1. The van der Waals surface area contributed by atoms with Gasteiger partial charge in [-0.25, -0.2) is 0 Å². The molecule has 0 bridgehead atoms. The van der Waals surface area contributed by atoms with E-state index in [4.69, 9.17) is 9.84 Å². The van der Waals surface area contributed by atoms with Gasteiger partial charge in [-0.15, -0.1) is 0 Å². The van der Waals surface area contributed by atoms with Gasteiger partial charge in [0, 0.05) is 19.2 Å². The van der Waals surface area contributed by atoms with E-state index < -0.39 is 0 Å². The lowest BCUT2D eigenvalue weighted by atomic mass is 9.99. The monoisotopic (exact) mass is 291 g/mol. The van der Waals surface area contributed by atoms with Crippen LogP contribution in [-0.2, 0) is 4.79 Å². The van der Waals surface area contributed by atoms with Crippen LogP contribution in [0.4, 0.5) is 0 Å². The molecule has 0 aromatic heterocycles. The number of nitrogens with zero attached hydrogens (tertiary/aromatic N) is 1. The zero-order valence-electron chi connectivity index (χ0n) is 13.0. The van der Waals surface area contributed by atoms with E-state index in [-0.39, 0.29) is 25.2 Å². The maximum absolute atomic E-state index is 12.3. The Hall–Kier alpha value is -1.55. The Morgan fingerprint density at radius 2 is 2.00 bits per heavy atom. The van der Waals surface area contributed by atoms with Crippen molar-refractivity contribution in [2.75, 3.05) is 19.8 Å². The van der Waals surface area contributed by atoms with Crippen molar-refractivity contribution in [2.45, 2.75) is 45.6 Å². The molecule has 4 heteroatoms. The predicted molar refractivity (Wildman–Crippen MR) is 82.5 cm³/mol. The minimum absolute atomic E-state index is 0.0207. The lowest BCUT2D eigenvalue weighted by molar-refractivity contribution is -0.137. The van der Waals surface area contributed by atoms with Gasteiger partial charge in [0.1, 0.15) is 5.75 Å². The quantitative estimate of drug-likeness (QED) is 0.906. The van der Waals surface area contributed by atoms with Crippen molar-refractivity contribution in [3.63, 3.8) is 0 Å². The number of aliphatic hydroxyl groups excluding tert-OH is 1. The first-order valence-corrected chi connectivity index (χ1v) is 7.71. The molecule has 1 unspecified atom stereocenters. The summed E-state index contributed by atoms with van der Waals surface area (Å²) in [6.07, 6.45) is 3.81. The number of hydrogen-bond donors (Lipinski definition) is 1. The first kappa shape index (κ1) is 15.8. The number of benzene rings is 1. The summed E-state index contributed by atoms with van der Waals surface area (Å²) in [5.41, 5.74) is 2.27. The highest BCUT2D eigenvalue weighted by Crippen LogP contribution is 2.20. The summed E-state index contributed by atoms with van der Waals surface area (Å²) >= 11 is 0. The number of aliphatic hydroxyl groups is 1. The molecule has 4 nitrogen and oxygen atoms in total. The van der Waals surface area contributed by atoms with Crippen LogP contribution in [0.3, 0.4) is 0 Å². The van der Waals surface area contributed by atoms with Gasteiger partial charge in [0.05, 0.1) is 0 Å². The second kappa shape index (κ2) is 7.46. The van der Waals surface area contributed by atoms with Crippen molar-refractivity contribution in [1.29, 1.82) is 0 Å². The summed E-state index contributed by atoms with van der Waals surface area (Å²) in [4.78, 5) is 14.2. The first-order valence-electron chi connectivity index (χ1n) is 7.71. The van der Waals surface area contributed by atoms with Crippen LogP contribution < -0.4 is 4.74 Å². The molecule has 1 N–H and O–H groups in total. The minimum atomic E-state index is 0.0207. The molecular weight excluding hydrogens is 266 g/mol. The standard InChI is InChI=1S/C17H25NO3/c1-13-9-14(2)11-16(10-13)21-12-17(20)18-7-4-3-5-15(18)6-8-19/h9-11,15,19H,3-8,12H2,1-2H3. The number of ether oxygens (including phenoxy) is 1. The molecule has 1 amide bonds. The van der Waals surface area contributed by atoms with E-state index >= 15 is 0 Å². The van der Waals surface area contributed by atoms with Gasteiger partial charge in [-0.1, -0.05) is 6.07 Å². The molecule has 1 aromatic carbocycles. The number of aryl methyl sites for hydroxylation is 2. The molecule has 0 radical (unpaired) electrons. The fourth-order valence-corrected chi connectivity index (χ4v) is 3.02. The van der Waals surface area contributed by atoms with Crippen molar-refractivity contribution in [1.82, 2.24) is 4.90 Å². The van der Waals surface area contributed by atoms with E-state index in [1.165, 1.54) is 0 Å². The zero-order valence-corrected chi connectivity index (χ0v) is 13.0. The molecule has 0 saturated carbocycles. The van der Waals surface area contributed by atoms with Gasteiger partial charge in [0.15, 0.2) is 6.61 Å². The van der Waals surface area contributed by atoms with Gasteiger partial charge < -0.3 is 14.7 Å². The minimum Gasteiger partial charge on any atom is -0.484 e. The Bertz CT molecular complexity index is 465. The van der Waals surface area contributed by atoms with E-state index in [2.05, 4.69) is 6.07 Å². The number of piperidine rings is 1. The number of likely N-dealkylation sites (tertiary alicyclic amines) is 1. The van der Waals surface area contributed by atoms with Crippen molar-refractivity contribution in [2.24, 2.45) is 0 Å². The molecule has 1 heterocycles. The number of carbonyl (C=O) groups is 1. The van der Waals surface area contributed by atoms with Gasteiger partial charge in [-0.3, -0.25) is 4.79 Å². The normalized spacial score (nSPS) is 18.6. The average Bonchev–Trinajstić information content (AvgIpc) is 2.45. The molecule has 1 fully saturated rings. The van der Waals surface area contributed by atoms with Gasteiger partial charge >= 0.3 is 0 Å². The van der Waals surface area contributed by atoms with Crippen molar-refractivity contribution < 1.29 is 14.6 Å². The second-order valence-electron chi connectivity index (χ2n) is 5.86. The van der Waals surface area contributed by atoms with Gasteiger partial charge in [-0.2, -0.15) is 0 Å².